The quantitative estimate of drug-likeness (QED) is 0.498. The Labute approximate surface area is 159 Å². The van der Waals surface area contributed by atoms with E-state index in [1.54, 1.807) is 18.5 Å². The van der Waals surface area contributed by atoms with E-state index >= 15 is 0 Å². The molecule has 4 aromatic rings. The third-order valence-electron chi connectivity index (χ3n) is 5.31. The highest BCUT2D eigenvalue weighted by Gasteiger charge is 2.34. The predicted octanol–water partition coefficient (Wildman–Crippen LogP) is 3.11. The molecule has 1 aliphatic heterocycles. The minimum atomic E-state index is -1.30. The first-order valence-corrected chi connectivity index (χ1v) is 9.23. The molecule has 0 atom stereocenters. The maximum absolute atomic E-state index is 14.5. The predicted molar refractivity (Wildman–Crippen MR) is 106 cm³/mol. The SMILES string of the molecule is NCC1(F)CCN(c2nc(Nc3ccc4cn[nH]c4c3)nc3ccoc23)CC1. The van der Waals surface area contributed by atoms with E-state index in [1.165, 1.54) is 0 Å². The lowest BCUT2D eigenvalue weighted by Gasteiger charge is -2.36. The van der Waals surface area contributed by atoms with Gasteiger partial charge in [0, 0.05) is 49.6 Å². The summed E-state index contributed by atoms with van der Waals surface area (Å²) < 4.78 is 20.1. The van der Waals surface area contributed by atoms with Gasteiger partial charge in [-0.1, -0.05) is 0 Å². The molecule has 0 spiro atoms. The summed E-state index contributed by atoms with van der Waals surface area (Å²) in [5, 5.41) is 11.3. The van der Waals surface area contributed by atoms with Crippen molar-refractivity contribution in [3.63, 3.8) is 0 Å². The van der Waals surface area contributed by atoms with Crippen LogP contribution in [0.2, 0.25) is 0 Å². The molecule has 1 aliphatic rings. The van der Waals surface area contributed by atoms with Crippen LogP contribution >= 0.6 is 0 Å². The molecule has 0 unspecified atom stereocenters. The van der Waals surface area contributed by atoms with Gasteiger partial charge in [-0.15, -0.1) is 0 Å². The Balaban J connectivity index is 1.47. The molecule has 9 heteroatoms. The fraction of sp³-hybridized carbons (Fsp3) is 0.316. The maximum atomic E-state index is 14.5. The average Bonchev–Trinajstić information content (AvgIpc) is 3.37. The van der Waals surface area contributed by atoms with Gasteiger partial charge in [-0.2, -0.15) is 10.1 Å². The van der Waals surface area contributed by atoms with Gasteiger partial charge in [0.05, 0.1) is 18.0 Å². The molecule has 0 amide bonds. The van der Waals surface area contributed by atoms with Crippen LogP contribution in [0.25, 0.3) is 22.0 Å². The number of H-pyrrole nitrogens is 1. The van der Waals surface area contributed by atoms with Crippen LogP contribution < -0.4 is 16.0 Å². The van der Waals surface area contributed by atoms with Crippen molar-refractivity contribution in [2.45, 2.75) is 18.5 Å². The molecule has 1 aromatic carbocycles. The van der Waals surface area contributed by atoms with E-state index in [2.05, 4.69) is 25.5 Å². The van der Waals surface area contributed by atoms with Crippen molar-refractivity contribution < 1.29 is 8.81 Å². The normalized spacial score (nSPS) is 16.7. The topological polar surface area (TPSA) is 109 Å². The number of anilines is 3. The molecule has 0 saturated carbocycles. The van der Waals surface area contributed by atoms with Gasteiger partial charge in [0.1, 0.15) is 11.2 Å². The highest BCUT2D eigenvalue weighted by Crippen LogP contribution is 2.33. The largest absolute Gasteiger partial charge is 0.459 e. The van der Waals surface area contributed by atoms with Crippen molar-refractivity contribution in [2.75, 3.05) is 29.9 Å². The molecule has 4 heterocycles. The zero-order valence-corrected chi connectivity index (χ0v) is 15.2. The summed E-state index contributed by atoms with van der Waals surface area (Å²) in [6, 6.07) is 7.66. The van der Waals surface area contributed by atoms with E-state index in [0.29, 0.717) is 48.8 Å². The third-order valence-corrected chi connectivity index (χ3v) is 5.31. The maximum Gasteiger partial charge on any atom is 0.229 e. The lowest BCUT2D eigenvalue weighted by molar-refractivity contribution is 0.135. The Bertz CT molecular complexity index is 1130. The van der Waals surface area contributed by atoms with Crippen LogP contribution in [0.4, 0.5) is 21.8 Å². The number of hydrogen-bond donors (Lipinski definition) is 3. The Morgan fingerprint density at radius 1 is 1.25 bits per heavy atom. The number of fused-ring (bicyclic) bond motifs is 2. The second kappa shape index (κ2) is 6.45. The van der Waals surface area contributed by atoms with E-state index in [1.807, 2.05) is 23.1 Å². The summed E-state index contributed by atoms with van der Waals surface area (Å²) in [6.07, 6.45) is 4.10. The fourth-order valence-electron chi connectivity index (χ4n) is 3.59. The molecular weight excluding hydrogens is 361 g/mol. The Morgan fingerprint density at radius 2 is 2.11 bits per heavy atom. The number of aromatic amines is 1. The Kier molecular flexibility index (Phi) is 3.90. The molecule has 5 rings (SSSR count). The molecule has 144 valence electrons. The summed E-state index contributed by atoms with van der Waals surface area (Å²) >= 11 is 0. The summed E-state index contributed by atoms with van der Waals surface area (Å²) in [4.78, 5) is 11.2. The average molecular weight is 381 g/mol. The van der Waals surface area contributed by atoms with Gasteiger partial charge in [-0.05, 0) is 18.2 Å². The van der Waals surface area contributed by atoms with Crippen molar-refractivity contribution in [1.82, 2.24) is 20.2 Å². The van der Waals surface area contributed by atoms with Crippen molar-refractivity contribution in [1.29, 1.82) is 0 Å². The van der Waals surface area contributed by atoms with E-state index in [-0.39, 0.29) is 6.54 Å². The molecule has 3 aromatic heterocycles. The van der Waals surface area contributed by atoms with Crippen molar-refractivity contribution in [2.24, 2.45) is 5.73 Å². The first kappa shape index (κ1) is 16.9. The van der Waals surface area contributed by atoms with E-state index in [4.69, 9.17) is 10.2 Å². The van der Waals surface area contributed by atoms with Crippen molar-refractivity contribution >= 4 is 39.5 Å². The number of aromatic nitrogens is 4. The lowest BCUT2D eigenvalue weighted by atomic mass is 9.93. The zero-order chi connectivity index (χ0) is 19.1. The molecule has 0 aliphatic carbocycles. The number of rotatable bonds is 4. The molecule has 1 fully saturated rings. The number of alkyl halides is 1. The molecule has 4 N–H and O–H groups in total. The highest BCUT2D eigenvalue weighted by atomic mass is 19.1. The standard InChI is InChI=1S/C19H20FN7O/c20-19(11-21)4-6-27(7-5-19)17-16-14(3-8-28-16)24-18(25-17)23-13-2-1-12-10-22-26-15(12)9-13/h1-3,8-10H,4-7,11,21H2,(H,22,26)(H,23,24,25). The number of furan rings is 1. The molecule has 8 nitrogen and oxygen atoms in total. The van der Waals surface area contributed by atoms with Gasteiger partial charge >= 0.3 is 0 Å². The van der Waals surface area contributed by atoms with E-state index in [9.17, 15) is 4.39 Å². The number of hydrogen-bond acceptors (Lipinski definition) is 7. The number of halogens is 1. The number of nitrogens with zero attached hydrogens (tertiary/aromatic N) is 4. The van der Waals surface area contributed by atoms with Gasteiger partial charge in [0.15, 0.2) is 11.4 Å². The summed E-state index contributed by atoms with van der Waals surface area (Å²) in [7, 11) is 0. The van der Waals surface area contributed by atoms with Crippen LogP contribution in [-0.4, -0.2) is 45.5 Å². The highest BCUT2D eigenvalue weighted by molar-refractivity contribution is 5.86. The number of benzene rings is 1. The Hall–Kier alpha value is -3.20. The first-order chi connectivity index (χ1) is 13.6. The van der Waals surface area contributed by atoms with Crippen LogP contribution in [0.1, 0.15) is 12.8 Å². The van der Waals surface area contributed by atoms with Crippen molar-refractivity contribution in [3.8, 4) is 0 Å². The monoisotopic (exact) mass is 381 g/mol. The van der Waals surface area contributed by atoms with Crippen LogP contribution in [0.5, 0.6) is 0 Å². The molecule has 28 heavy (non-hydrogen) atoms. The number of nitrogens with one attached hydrogen (secondary N) is 2. The number of nitrogens with two attached hydrogens (primary N) is 1. The lowest BCUT2D eigenvalue weighted by Crippen LogP contribution is -2.46. The van der Waals surface area contributed by atoms with Gasteiger partial charge in [-0.3, -0.25) is 5.10 Å². The second-order valence-corrected chi connectivity index (χ2v) is 7.14. The molecule has 0 bridgehead atoms. The van der Waals surface area contributed by atoms with Crippen molar-refractivity contribution in [3.05, 3.63) is 36.7 Å². The van der Waals surface area contributed by atoms with E-state index in [0.717, 1.165) is 16.6 Å². The van der Waals surface area contributed by atoms with Crippen LogP contribution in [0.15, 0.2) is 41.1 Å². The molecule has 1 saturated heterocycles. The minimum absolute atomic E-state index is 0.0453. The van der Waals surface area contributed by atoms with Gasteiger partial charge < -0.3 is 20.4 Å². The fourth-order valence-corrected chi connectivity index (χ4v) is 3.59. The summed E-state index contributed by atoms with van der Waals surface area (Å²) in [6.45, 7) is 1.10. The van der Waals surface area contributed by atoms with E-state index < -0.39 is 5.67 Å². The minimum Gasteiger partial charge on any atom is -0.459 e. The third kappa shape index (κ3) is 2.93. The first-order valence-electron chi connectivity index (χ1n) is 9.23. The van der Waals surface area contributed by atoms with Gasteiger partial charge in [0.2, 0.25) is 5.95 Å². The van der Waals surface area contributed by atoms with Gasteiger partial charge in [-0.25, -0.2) is 9.37 Å². The summed E-state index contributed by atoms with van der Waals surface area (Å²) in [5.41, 5.74) is 7.35. The smallest absolute Gasteiger partial charge is 0.229 e. The van der Waals surface area contributed by atoms with Crippen LogP contribution in [-0.2, 0) is 0 Å². The van der Waals surface area contributed by atoms with Crippen LogP contribution in [0, 0.1) is 0 Å². The summed E-state index contributed by atoms with van der Waals surface area (Å²) in [5.74, 6) is 1.12. The van der Waals surface area contributed by atoms with Crippen LogP contribution in [0.3, 0.4) is 0 Å². The molecular formula is C19H20FN7O. The Morgan fingerprint density at radius 3 is 2.93 bits per heavy atom. The number of piperidine rings is 1. The van der Waals surface area contributed by atoms with Gasteiger partial charge in [0.25, 0.3) is 0 Å². The zero-order valence-electron chi connectivity index (χ0n) is 15.2. The molecule has 0 radical (unpaired) electrons. The second-order valence-electron chi connectivity index (χ2n) is 7.14.